The van der Waals surface area contributed by atoms with E-state index in [1.165, 1.54) is 11.6 Å². The lowest BCUT2D eigenvalue weighted by atomic mass is 10.0. The number of hydrogen-bond acceptors (Lipinski definition) is 1. The fraction of sp³-hybridized carbons (Fsp3) is 0.167. The Hall–Kier alpha value is -1.77. The molecule has 0 saturated heterocycles. The van der Waals surface area contributed by atoms with Gasteiger partial charge in [-0.3, -0.25) is 4.79 Å². The molecule has 1 amide bonds. The third kappa shape index (κ3) is 4.36. The Bertz CT molecular complexity index is 670. The minimum Gasteiger partial charge on any atom is -0.320 e. The van der Waals surface area contributed by atoms with Crippen molar-refractivity contribution in [3.05, 3.63) is 69.7 Å². The van der Waals surface area contributed by atoms with E-state index in [9.17, 15) is 4.79 Å². The summed E-state index contributed by atoms with van der Waals surface area (Å²) in [4.78, 5) is 12.0. The zero-order chi connectivity index (χ0) is 16.1. The second-order valence-electron chi connectivity index (χ2n) is 5.24. The number of anilines is 1. The zero-order valence-corrected chi connectivity index (χ0v) is 13.9. The van der Waals surface area contributed by atoms with Crippen LogP contribution < -0.4 is 5.32 Å². The molecule has 0 aromatic heterocycles. The normalized spacial score (nSPS) is 11.1. The molecule has 0 atom stereocenters. The maximum Gasteiger partial charge on any atom is 0.248 e. The van der Waals surface area contributed by atoms with Gasteiger partial charge in [0.15, 0.2) is 0 Å². The molecule has 2 rings (SSSR count). The van der Waals surface area contributed by atoms with E-state index in [1.54, 1.807) is 24.3 Å². The van der Waals surface area contributed by atoms with Crippen molar-refractivity contribution >= 4 is 40.9 Å². The molecule has 114 valence electrons. The van der Waals surface area contributed by atoms with E-state index >= 15 is 0 Å². The highest BCUT2D eigenvalue weighted by Gasteiger charge is 2.07. The number of para-hydroxylation sites is 1. The quantitative estimate of drug-likeness (QED) is 0.707. The van der Waals surface area contributed by atoms with Crippen LogP contribution in [0.25, 0.3) is 6.08 Å². The molecule has 0 spiro atoms. The molecule has 0 aliphatic carbocycles. The predicted octanol–water partition coefficient (Wildman–Crippen LogP) is 5.77. The highest BCUT2D eigenvalue weighted by Crippen LogP contribution is 2.29. The molecule has 0 saturated carbocycles. The summed E-state index contributed by atoms with van der Waals surface area (Å²) in [6.07, 6.45) is 3.22. The first-order valence-corrected chi connectivity index (χ1v) is 7.76. The molecule has 0 aliphatic rings. The lowest BCUT2D eigenvalue weighted by molar-refractivity contribution is -0.111. The van der Waals surface area contributed by atoms with E-state index < -0.39 is 0 Å². The van der Waals surface area contributed by atoms with Gasteiger partial charge in [0, 0.05) is 6.08 Å². The zero-order valence-electron chi connectivity index (χ0n) is 12.4. The molecule has 0 fully saturated rings. The molecule has 0 bridgehead atoms. The summed E-state index contributed by atoms with van der Waals surface area (Å²) in [5, 5.41) is 3.51. The standard InChI is InChI=1S/C18H17Cl2NO/c1-12(2)14-9-6-13(7-10-14)8-11-17(22)21-18-15(19)4-3-5-16(18)20/h3-12H,1-2H3,(H,21,22)/b11-8+. The second kappa shape index (κ2) is 7.48. The molecule has 0 unspecified atom stereocenters. The molecule has 0 radical (unpaired) electrons. The Kier molecular flexibility index (Phi) is 5.64. The topological polar surface area (TPSA) is 29.1 Å². The van der Waals surface area contributed by atoms with Gasteiger partial charge in [0.25, 0.3) is 0 Å². The van der Waals surface area contributed by atoms with Crippen LogP contribution in [0.2, 0.25) is 10.0 Å². The van der Waals surface area contributed by atoms with E-state index in [2.05, 4.69) is 31.3 Å². The fourth-order valence-electron chi connectivity index (χ4n) is 1.95. The van der Waals surface area contributed by atoms with Crippen LogP contribution >= 0.6 is 23.2 Å². The number of amides is 1. The number of benzene rings is 2. The summed E-state index contributed by atoms with van der Waals surface area (Å²) < 4.78 is 0. The summed E-state index contributed by atoms with van der Waals surface area (Å²) >= 11 is 12.0. The second-order valence-corrected chi connectivity index (χ2v) is 6.06. The van der Waals surface area contributed by atoms with Crippen LogP contribution in [0.4, 0.5) is 5.69 Å². The van der Waals surface area contributed by atoms with Crippen LogP contribution in [0.15, 0.2) is 48.5 Å². The smallest absolute Gasteiger partial charge is 0.248 e. The Balaban J connectivity index is 2.05. The first-order valence-electron chi connectivity index (χ1n) is 7.00. The van der Waals surface area contributed by atoms with E-state index in [4.69, 9.17) is 23.2 Å². The summed E-state index contributed by atoms with van der Waals surface area (Å²) in [6, 6.07) is 13.2. The lowest BCUT2D eigenvalue weighted by Crippen LogP contribution is -2.08. The molecule has 4 heteroatoms. The summed E-state index contributed by atoms with van der Waals surface area (Å²) in [5.41, 5.74) is 2.66. The molecule has 1 N–H and O–H groups in total. The monoisotopic (exact) mass is 333 g/mol. The van der Waals surface area contributed by atoms with Crippen LogP contribution in [0.1, 0.15) is 30.9 Å². The maximum absolute atomic E-state index is 12.0. The number of rotatable bonds is 4. The Morgan fingerprint density at radius 1 is 1.05 bits per heavy atom. The van der Waals surface area contributed by atoms with Crippen molar-refractivity contribution in [2.24, 2.45) is 0 Å². The largest absolute Gasteiger partial charge is 0.320 e. The summed E-state index contributed by atoms with van der Waals surface area (Å²) in [6.45, 7) is 4.29. The minimum absolute atomic E-state index is 0.275. The van der Waals surface area contributed by atoms with Crippen LogP contribution in [-0.4, -0.2) is 5.91 Å². The van der Waals surface area contributed by atoms with Crippen LogP contribution in [0.5, 0.6) is 0 Å². The summed E-state index contributed by atoms with van der Waals surface area (Å²) in [5.74, 6) is 0.214. The van der Waals surface area contributed by atoms with Gasteiger partial charge in [-0.15, -0.1) is 0 Å². The maximum atomic E-state index is 12.0. The van der Waals surface area contributed by atoms with Crippen LogP contribution in [0.3, 0.4) is 0 Å². The van der Waals surface area contributed by atoms with Gasteiger partial charge in [-0.2, -0.15) is 0 Å². The Morgan fingerprint density at radius 2 is 1.64 bits per heavy atom. The van der Waals surface area contributed by atoms with Gasteiger partial charge in [0.1, 0.15) is 0 Å². The molecular weight excluding hydrogens is 317 g/mol. The van der Waals surface area contributed by atoms with Gasteiger partial charge in [-0.1, -0.05) is 67.4 Å². The van der Waals surface area contributed by atoms with Crippen molar-refractivity contribution in [2.45, 2.75) is 19.8 Å². The van der Waals surface area contributed by atoms with E-state index in [0.29, 0.717) is 21.7 Å². The average molecular weight is 334 g/mol. The highest BCUT2D eigenvalue weighted by molar-refractivity contribution is 6.39. The number of hydrogen-bond donors (Lipinski definition) is 1. The lowest BCUT2D eigenvalue weighted by Gasteiger charge is -2.07. The SMILES string of the molecule is CC(C)c1ccc(/C=C/C(=O)Nc2c(Cl)cccc2Cl)cc1. The van der Waals surface area contributed by atoms with Gasteiger partial charge in [-0.25, -0.2) is 0 Å². The number of carbonyl (C=O) groups is 1. The molecule has 0 heterocycles. The number of nitrogens with one attached hydrogen (secondary N) is 1. The van der Waals surface area contributed by atoms with Gasteiger partial charge in [0.2, 0.25) is 5.91 Å². The fourth-order valence-corrected chi connectivity index (χ4v) is 2.44. The van der Waals surface area contributed by atoms with Gasteiger partial charge >= 0.3 is 0 Å². The van der Waals surface area contributed by atoms with Crippen molar-refractivity contribution in [3.63, 3.8) is 0 Å². The molecule has 2 aromatic carbocycles. The summed E-state index contributed by atoms with van der Waals surface area (Å²) in [7, 11) is 0. The Morgan fingerprint density at radius 3 is 2.18 bits per heavy atom. The van der Waals surface area contributed by atoms with Crippen molar-refractivity contribution in [2.75, 3.05) is 5.32 Å². The molecule has 2 aromatic rings. The Labute approximate surface area is 140 Å². The third-order valence-corrected chi connectivity index (χ3v) is 3.87. The van der Waals surface area contributed by atoms with Gasteiger partial charge in [-0.05, 0) is 35.3 Å². The van der Waals surface area contributed by atoms with Gasteiger partial charge < -0.3 is 5.32 Å². The van der Waals surface area contributed by atoms with Crippen molar-refractivity contribution in [1.29, 1.82) is 0 Å². The predicted molar refractivity (Wildman–Crippen MR) is 94.7 cm³/mol. The highest BCUT2D eigenvalue weighted by atomic mass is 35.5. The van der Waals surface area contributed by atoms with E-state index in [1.807, 2.05) is 12.1 Å². The van der Waals surface area contributed by atoms with Crippen LogP contribution in [0, 0.1) is 0 Å². The minimum atomic E-state index is -0.275. The van der Waals surface area contributed by atoms with Crippen molar-refractivity contribution in [3.8, 4) is 0 Å². The average Bonchev–Trinajstić information content (AvgIpc) is 2.49. The molecular formula is C18H17Cl2NO. The van der Waals surface area contributed by atoms with Crippen molar-refractivity contribution < 1.29 is 4.79 Å². The number of halogens is 2. The van der Waals surface area contributed by atoms with Gasteiger partial charge in [0.05, 0.1) is 15.7 Å². The first-order chi connectivity index (χ1) is 10.5. The van der Waals surface area contributed by atoms with E-state index in [-0.39, 0.29) is 5.91 Å². The molecule has 0 aliphatic heterocycles. The first kappa shape index (κ1) is 16.6. The molecule has 2 nitrogen and oxygen atoms in total. The van der Waals surface area contributed by atoms with E-state index in [0.717, 1.165) is 5.56 Å². The van der Waals surface area contributed by atoms with Crippen LogP contribution in [-0.2, 0) is 4.79 Å². The molecule has 22 heavy (non-hydrogen) atoms. The third-order valence-electron chi connectivity index (χ3n) is 3.24. The number of carbonyl (C=O) groups excluding carboxylic acids is 1. The van der Waals surface area contributed by atoms with Crippen molar-refractivity contribution in [1.82, 2.24) is 0 Å².